The van der Waals surface area contributed by atoms with Crippen LogP contribution in [0.5, 0.6) is 0 Å². The molecule has 0 spiro atoms. The largest absolute Gasteiger partial charge is 0.362 e. The second-order valence-corrected chi connectivity index (χ2v) is 4.16. The Morgan fingerprint density at radius 3 is 2.73 bits per heavy atom. The molecule has 0 saturated carbocycles. The summed E-state index contributed by atoms with van der Waals surface area (Å²) in [5.41, 5.74) is 1.42. The van der Waals surface area contributed by atoms with Crippen molar-refractivity contribution in [2.45, 2.75) is 25.9 Å². The third kappa shape index (κ3) is 1.39. The van der Waals surface area contributed by atoms with E-state index >= 15 is 0 Å². The van der Waals surface area contributed by atoms with Gasteiger partial charge in [-0.2, -0.15) is 0 Å². The standard InChI is InChI=1S/C12H16N2O/c1-4-12(2)13-10-8-6-5-7-9(10)11(15)14(12)3/h5-8,13H,4H2,1-3H3. The summed E-state index contributed by atoms with van der Waals surface area (Å²) in [6.45, 7) is 4.12. The molecule has 80 valence electrons. The number of para-hydroxylation sites is 1. The van der Waals surface area contributed by atoms with E-state index in [1.807, 2.05) is 38.2 Å². The Labute approximate surface area is 90.1 Å². The summed E-state index contributed by atoms with van der Waals surface area (Å²) >= 11 is 0. The van der Waals surface area contributed by atoms with Crippen LogP contribution in [0.1, 0.15) is 30.6 Å². The maximum absolute atomic E-state index is 12.1. The zero-order valence-corrected chi connectivity index (χ0v) is 9.37. The monoisotopic (exact) mass is 204 g/mol. The molecule has 1 heterocycles. The number of nitrogens with zero attached hydrogens (tertiary/aromatic N) is 1. The van der Waals surface area contributed by atoms with Gasteiger partial charge in [0.15, 0.2) is 0 Å². The van der Waals surface area contributed by atoms with E-state index < -0.39 is 0 Å². The zero-order chi connectivity index (χ0) is 11.1. The van der Waals surface area contributed by atoms with E-state index in [1.54, 1.807) is 4.90 Å². The fraction of sp³-hybridized carbons (Fsp3) is 0.417. The minimum absolute atomic E-state index is 0.0914. The molecule has 3 nitrogen and oxygen atoms in total. The Morgan fingerprint density at radius 2 is 2.07 bits per heavy atom. The lowest BCUT2D eigenvalue weighted by molar-refractivity contribution is 0.0614. The molecular weight excluding hydrogens is 188 g/mol. The Morgan fingerprint density at radius 1 is 1.40 bits per heavy atom. The van der Waals surface area contributed by atoms with Crippen molar-refractivity contribution in [2.75, 3.05) is 12.4 Å². The van der Waals surface area contributed by atoms with E-state index in [0.29, 0.717) is 0 Å². The summed E-state index contributed by atoms with van der Waals surface area (Å²) < 4.78 is 0. The van der Waals surface area contributed by atoms with Gasteiger partial charge in [0.2, 0.25) is 0 Å². The molecule has 1 aromatic carbocycles. The van der Waals surface area contributed by atoms with E-state index in [2.05, 4.69) is 12.2 Å². The average molecular weight is 204 g/mol. The fourth-order valence-electron chi connectivity index (χ4n) is 1.88. The molecule has 1 amide bonds. The van der Waals surface area contributed by atoms with Crippen molar-refractivity contribution in [3.8, 4) is 0 Å². The van der Waals surface area contributed by atoms with Gasteiger partial charge in [0.25, 0.3) is 5.91 Å². The molecule has 1 aliphatic rings. The van der Waals surface area contributed by atoms with Crippen LogP contribution in [-0.4, -0.2) is 23.5 Å². The predicted octanol–water partition coefficient (Wildman–Crippen LogP) is 2.31. The second kappa shape index (κ2) is 3.26. The van der Waals surface area contributed by atoms with Crippen LogP contribution in [0.25, 0.3) is 0 Å². The Balaban J connectivity index is 2.50. The summed E-state index contributed by atoms with van der Waals surface area (Å²) in [5.74, 6) is 0.0914. The number of amides is 1. The van der Waals surface area contributed by atoms with Gasteiger partial charge in [-0.1, -0.05) is 19.1 Å². The quantitative estimate of drug-likeness (QED) is 0.761. The summed E-state index contributed by atoms with van der Waals surface area (Å²) in [4.78, 5) is 13.9. The lowest BCUT2D eigenvalue weighted by Gasteiger charge is -2.44. The van der Waals surface area contributed by atoms with Gasteiger partial charge >= 0.3 is 0 Å². The first kappa shape index (κ1) is 10.0. The van der Waals surface area contributed by atoms with Crippen molar-refractivity contribution in [3.63, 3.8) is 0 Å². The summed E-state index contributed by atoms with van der Waals surface area (Å²) in [6.07, 6.45) is 0.879. The fourth-order valence-corrected chi connectivity index (χ4v) is 1.88. The Bertz CT molecular complexity index is 402. The molecule has 1 N–H and O–H groups in total. The average Bonchev–Trinajstić information content (AvgIpc) is 2.26. The van der Waals surface area contributed by atoms with Gasteiger partial charge in [-0.15, -0.1) is 0 Å². The number of carbonyl (C=O) groups excluding carboxylic acids is 1. The topological polar surface area (TPSA) is 32.3 Å². The lowest BCUT2D eigenvalue weighted by Crippen LogP contribution is -2.55. The predicted molar refractivity (Wildman–Crippen MR) is 60.9 cm³/mol. The van der Waals surface area contributed by atoms with Crippen molar-refractivity contribution in [2.24, 2.45) is 0 Å². The first-order valence-electron chi connectivity index (χ1n) is 5.24. The van der Waals surface area contributed by atoms with Gasteiger partial charge in [0.1, 0.15) is 5.66 Å². The van der Waals surface area contributed by atoms with Gasteiger partial charge in [-0.05, 0) is 25.5 Å². The summed E-state index contributed by atoms with van der Waals surface area (Å²) in [6, 6.07) is 7.64. The molecule has 0 bridgehead atoms. The number of fused-ring (bicyclic) bond motifs is 1. The molecule has 0 radical (unpaired) electrons. The van der Waals surface area contributed by atoms with E-state index in [-0.39, 0.29) is 11.6 Å². The summed E-state index contributed by atoms with van der Waals surface area (Å²) in [5, 5.41) is 3.41. The third-order valence-corrected chi connectivity index (χ3v) is 3.29. The highest BCUT2D eigenvalue weighted by atomic mass is 16.2. The highest BCUT2D eigenvalue weighted by molar-refractivity contribution is 6.01. The van der Waals surface area contributed by atoms with E-state index in [9.17, 15) is 4.79 Å². The number of hydrogen-bond donors (Lipinski definition) is 1. The highest BCUT2D eigenvalue weighted by Crippen LogP contribution is 2.31. The van der Waals surface area contributed by atoms with Crippen molar-refractivity contribution >= 4 is 11.6 Å². The van der Waals surface area contributed by atoms with Gasteiger partial charge < -0.3 is 10.2 Å². The highest BCUT2D eigenvalue weighted by Gasteiger charge is 2.36. The van der Waals surface area contributed by atoms with Crippen molar-refractivity contribution in [3.05, 3.63) is 29.8 Å². The van der Waals surface area contributed by atoms with Crippen LogP contribution in [0.4, 0.5) is 5.69 Å². The van der Waals surface area contributed by atoms with Crippen LogP contribution in [0.3, 0.4) is 0 Å². The molecule has 3 heteroatoms. The van der Waals surface area contributed by atoms with E-state index in [4.69, 9.17) is 0 Å². The molecule has 15 heavy (non-hydrogen) atoms. The smallest absolute Gasteiger partial charge is 0.257 e. The molecule has 0 saturated heterocycles. The molecule has 1 aliphatic heterocycles. The van der Waals surface area contributed by atoms with Crippen LogP contribution in [0.15, 0.2) is 24.3 Å². The zero-order valence-electron chi connectivity index (χ0n) is 9.37. The number of benzene rings is 1. The lowest BCUT2D eigenvalue weighted by atomic mass is 9.99. The van der Waals surface area contributed by atoms with Gasteiger partial charge in [-0.3, -0.25) is 4.79 Å². The van der Waals surface area contributed by atoms with Crippen LogP contribution < -0.4 is 5.32 Å². The Hall–Kier alpha value is -1.51. The van der Waals surface area contributed by atoms with Gasteiger partial charge in [0, 0.05) is 12.7 Å². The van der Waals surface area contributed by atoms with Gasteiger partial charge in [0.05, 0.1) is 5.56 Å². The van der Waals surface area contributed by atoms with E-state index in [1.165, 1.54) is 0 Å². The molecule has 1 atom stereocenters. The first-order chi connectivity index (χ1) is 7.08. The molecule has 1 unspecified atom stereocenters. The molecule has 0 fully saturated rings. The van der Waals surface area contributed by atoms with Crippen LogP contribution in [-0.2, 0) is 0 Å². The second-order valence-electron chi connectivity index (χ2n) is 4.16. The maximum Gasteiger partial charge on any atom is 0.257 e. The molecule has 1 aromatic rings. The minimum Gasteiger partial charge on any atom is -0.362 e. The van der Waals surface area contributed by atoms with Gasteiger partial charge in [-0.25, -0.2) is 0 Å². The van der Waals surface area contributed by atoms with Crippen LogP contribution in [0.2, 0.25) is 0 Å². The Kier molecular flexibility index (Phi) is 2.18. The maximum atomic E-state index is 12.1. The minimum atomic E-state index is -0.272. The number of hydrogen-bond acceptors (Lipinski definition) is 2. The molecule has 2 rings (SSSR count). The van der Waals surface area contributed by atoms with Crippen molar-refractivity contribution in [1.29, 1.82) is 0 Å². The van der Waals surface area contributed by atoms with Crippen molar-refractivity contribution in [1.82, 2.24) is 4.90 Å². The number of anilines is 1. The number of nitrogens with one attached hydrogen (secondary N) is 1. The first-order valence-corrected chi connectivity index (χ1v) is 5.24. The number of carbonyl (C=O) groups is 1. The van der Waals surface area contributed by atoms with Crippen LogP contribution >= 0.6 is 0 Å². The molecular formula is C12H16N2O. The normalized spacial score (nSPS) is 24.7. The third-order valence-electron chi connectivity index (χ3n) is 3.29. The molecule has 0 aliphatic carbocycles. The summed E-state index contributed by atoms with van der Waals surface area (Å²) in [7, 11) is 1.84. The van der Waals surface area contributed by atoms with Crippen LogP contribution in [0, 0.1) is 0 Å². The molecule has 0 aromatic heterocycles. The van der Waals surface area contributed by atoms with Crippen molar-refractivity contribution < 1.29 is 4.79 Å². The van der Waals surface area contributed by atoms with E-state index in [0.717, 1.165) is 17.7 Å². The SMILES string of the molecule is CCC1(C)Nc2ccccc2C(=O)N1C. The number of rotatable bonds is 1.